The van der Waals surface area contributed by atoms with E-state index in [1.165, 1.54) is 0 Å². The molecule has 3 N–H and O–H groups in total. The number of benzene rings is 1. The molecular weight excluding hydrogens is 396 g/mol. The number of carbonyl (C=O) groups excluding carboxylic acids is 3. The van der Waals surface area contributed by atoms with E-state index >= 15 is 0 Å². The Balaban J connectivity index is 1.60. The number of amides is 3. The summed E-state index contributed by atoms with van der Waals surface area (Å²) in [5.41, 5.74) is 6.70. The van der Waals surface area contributed by atoms with Gasteiger partial charge in [0.05, 0.1) is 6.42 Å². The van der Waals surface area contributed by atoms with Gasteiger partial charge in [-0.25, -0.2) is 4.79 Å². The van der Waals surface area contributed by atoms with Crippen molar-refractivity contribution >= 4 is 23.6 Å². The smallest absolute Gasteiger partial charge is 0.410 e. The van der Waals surface area contributed by atoms with E-state index in [4.69, 9.17) is 10.5 Å². The van der Waals surface area contributed by atoms with Gasteiger partial charge in [-0.3, -0.25) is 9.59 Å². The zero-order valence-corrected chi connectivity index (χ0v) is 18.3. The molecule has 2 aromatic rings. The summed E-state index contributed by atoms with van der Waals surface area (Å²) in [6, 6.07) is 10.8. The van der Waals surface area contributed by atoms with Crippen LogP contribution in [-0.2, 0) is 16.0 Å². The Bertz CT molecular complexity index is 935. The Kier molecular flexibility index (Phi) is 6.68. The van der Waals surface area contributed by atoms with Gasteiger partial charge >= 0.3 is 6.09 Å². The quantitative estimate of drug-likeness (QED) is 0.765. The highest BCUT2D eigenvalue weighted by Crippen LogP contribution is 2.26. The van der Waals surface area contributed by atoms with E-state index < -0.39 is 11.5 Å². The molecule has 2 heterocycles. The summed E-state index contributed by atoms with van der Waals surface area (Å²) in [6.07, 6.45) is 3.26. The van der Waals surface area contributed by atoms with Crippen molar-refractivity contribution in [3.05, 3.63) is 53.9 Å². The number of nitrogens with zero attached hydrogens (tertiary/aromatic N) is 2. The van der Waals surface area contributed by atoms with Crippen LogP contribution >= 0.6 is 0 Å². The van der Waals surface area contributed by atoms with Gasteiger partial charge in [0.1, 0.15) is 11.3 Å². The number of nitrogens with two attached hydrogens (primary N) is 1. The molecule has 1 saturated heterocycles. The van der Waals surface area contributed by atoms with Crippen LogP contribution in [0.2, 0.25) is 0 Å². The maximum absolute atomic E-state index is 12.8. The fourth-order valence-corrected chi connectivity index (χ4v) is 3.66. The van der Waals surface area contributed by atoms with Crippen molar-refractivity contribution in [1.29, 1.82) is 0 Å². The predicted molar refractivity (Wildman–Crippen MR) is 118 cm³/mol. The molecule has 0 saturated carbocycles. The summed E-state index contributed by atoms with van der Waals surface area (Å²) in [5.74, 6) is -0.602. The zero-order chi connectivity index (χ0) is 22.6. The van der Waals surface area contributed by atoms with E-state index in [0.717, 1.165) is 18.4 Å². The second-order valence-electron chi connectivity index (χ2n) is 8.79. The molecule has 0 atom stereocenters. The third-order valence-corrected chi connectivity index (χ3v) is 5.11. The lowest BCUT2D eigenvalue weighted by atomic mass is 10.0. The number of likely N-dealkylation sites (tertiary alicyclic amines) is 1. The van der Waals surface area contributed by atoms with Crippen LogP contribution < -0.4 is 11.1 Å². The van der Waals surface area contributed by atoms with Gasteiger partial charge < -0.3 is 25.3 Å². The Hall–Kier alpha value is -3.29. The molecule has 0 aliphatic carbocycles. The van der Waals surface area contributed by atoms with Crippen molar-refractivity contribution in [3.8, 4) is 0 Å². The van der Waals surface area contributed by atoms with E-state index in [-0.39, 0.29) is 24.5 Å². The van der Waals surface area contributed by atoms with Gasteiger partial charge in [-0.2, -0.15) is 0 Å². The second kappa shape index (κ2) is 9.24. The van der Waals surface area contributed by atoms with Crippen LogP contribution in [0.25, 0.3) is 0 Å². The van der Waals surface area contributed by atoms with Crippen LogP contribution in [0.3, 0.4) is 0 Å². The van der Waals surface area contributed by atoms with Crippen LogP contribution in [0.4, 0.5) is 10.5 Å². The van der Waals surface area contributed by atoms with Gasteiger partial charge in [-0.1, -0.05) is 12.1 Å². The summed E-state index contributed by atoms with van der Waals surface area (Å²) in [6.45, 7) is 6.73. The SMILES string of the molecule is CC(C)(C)OC(=O)N1CCC(n2cccc2C(=O)Nc2ccc(CC(N)=O)cc2)CC1. The fraction of sp³-hybridized carbons (Fsp3) is 0.435. The summed E-state index contributed by atoms with van der Waals surface area (Å²) in [5, 5.41) is 2.90. The number of carbonyl (C=O) groups is 3. The van der Waals surface area contributed by atoms with E-state index in [1.807, 2.05) is 37.6 Å². The van der Waals surface area contributed by atoms with Crippen LogP contribution in [0.1, 0.15) is 55.7 Å². The lowest BCUT2D eigenvalue weighted by Crippen LogP contribution is -2.42. The van der Waals surface area contributed by atoms with Crippen molar-refractivity contribution < 1.29 is 19.1 Å². The number of hydrogen-bond acceptors (Lipinski definition) is 4. The summed E-state index contributed by atoms with van der Waals surface area (Å²) in [4.78, 5) is 37.9. The molecule has 31 heavy (non-hydrogen) atoms. The lowest BCUT2D eigenvalue weighted by molar-refractivity contribution is -0.117. The minimum Gasteiger partial charge on any atom is -0.444 e. The number of ether oxygens (including phenoxy) is 1. The van der Waals surface area contributed by atoms with Crippen LogP contribution in [0.5, 0.6) is 0 Å². The van der Waals surface area contributed by atoms with Crippen LogP contribution in [0, 0.1) is 0 Å². The first-order chi connectivity index (χ1) is 14.6. The zero-order valence-electron chi connectivity index (χ0n) is 18.3. The number of hydrogen-bond donors (Lipinski definition) is 2. The third kappa shape index (κ3) is 6.10. The molecule has 0 bridgehead atoms. The second-order valence-corrected chi connectivity index (χ2v) is 8.79. The molecule has 166 valence electrons. The van der Waals surface area contributed by atoms with E-state index in [9.17, 15) is 14.4 Å². The van der Waals surface area contributed by atoms with Gasteiger partial charge in [0.15, 0.2) is 0 Å². The molecule has 0 radical (unpaired) electrons. The minimum atomic E-state index is -0.516. The fourth-order valence-electron chi connectivity index (χ4n) is 3.66. The maximum atomic E-state index is 12.8. The van der Waals surface area contributed by atoms with Gasteiger partial charge in [-0.05, 0) is 63.4 Å². The normalized spacial score (nSPS) is 14.9. The first-order valence-electron chi connectivity index (χ1n) is 10.5. The lowest BCUT2D eigenvalue weighted by Gasteiger charge is -2.34. The summed E-state index contributed by atoms with van der Waals surface area (Å²) in [7, 11) is 0. The summed E-state index contributed by atoms with van der Waals surface area (Å²) >= 11 is 0. The summed E-state index contributed by atoms with van der Waals surface area (Å²) < 4.78 is 7.43. The molecule has 1 aliphatic heterocycles. The largest absolute Gasteiger partial charge is 0.444 e. The average Bonchev–Trinajstić information content (AvgIpc) is 3.18. The molecule has 0 unspecified atom stereocenters. The Labute approximate surface area is 182 Å². The standard InChI is InChI=1S/C23H30N4O4/c1-23(2,3)31-22(30)26-13-10-18(11-14-26)27-12-4-5-19(27)21(29)25-17-8-6-16(7-9-17)15-20(24)28/h4-9,12,18H,10-11,13-15H2,1-3H3,(H2,24,28)(H,25,29). The highest BCUT2D eigenvalue weighted by Gasteiger charge is 2.28. The van der Waals surface area contributed by atoms with Crippen LogP contribution in [-0.4, -0.2) is 46.1 Å². The highest BCUT2D eigenvalue weighted by atomic mass is 16.6. The Morgan fingerprint density at radius 1 is 1.10 bits per heavy atom. The van der Waals surface area contributed by atoms with Crippen LogP contribution in [0.15, 0.2) is 42.6 Å². The monoisotopic (exact) mass is 426 g/mol. The first-order valence-corrected chi connectivity index (χ1v) is 10.5. The van der Waals surface area contributed by atoms with Crippen molar-refractivity contribution in [3.63, 3.8) is 0 Å². The Morgan fingerprint density at radius 2 is 1.74 bits per heavy atom. The number of primary amides is 1. The van der Waals surface area contributed by atoms with E-state index in [2.05, 4.69) is 5.32 Å². The Morgan fingerprint density at radius 3 is 2.32 bits per heavy atom. The number of piperidine rings is 1. The molecule has 1 fully saturated rings. The molecule has 8 heteroatoms. The molecule has 1 aliphatic rings. The molecule has 3 rings (SSSR count). The number of nitrogens with one attached hydrogen (secondary N) is 1. The highest BCUT2D eigenvalue weighted by molar-refractivity contribution is 6.03. The number of rotatable bonds is 5. The van der Waals surface area contributed by atoms with Gasteiger partial charge in [-0.15, -0.1) is 0 Å². The third-order valence-electron chi connectivity index (χ3n) is 5.11. The van der Waals surface area contributed by atoms with Crippen molar-refractivity contribution in [1.82, 2.24) is 9.47 Å². The minimum absolute atomic E-state index is 0.132. The van der Waals surface area contributed by atoms with Crippen molar-refractivity contribution in [2.24, 2.45) is 5.73 Å². The molecule has 1 aromatic heterocycles. The average molecular weight is 427 g/mol. The molecule has 1 aromatic carbocycles. The predicted octanol–water partition coefficient (Wildman–Crippen LogP) is 3.34. The van der Waals surface area contributed by atoms with Crippen molar-refractivity contribution in [2.45, 2.75) is 51.7 Å². The van der Waals surface area contributed by atoms with Crippen molar-refractivity contribution in [2.75, 3.05) is 18.4 Å². The first kappa shape index (κ1) is 22.4. The number of aromatic nitrogens is 1. The maximum Gasteiger partial charge on any atom is 0.410 e. The molecule has 3 amide bonds. The van der Waals surface area contributed by atoms with E-state index in [1.54, 1.807) is 35.2 Å². The molecule has 8 nitrogen and oxygen atoms in total. The number of anilines is 1. The van der Waals surface area contributed by atoms with Gasteiger partial charge in [0.2, 0.25) is 5.91 Å². The van der Waals surface area contributed by atoms with Gasteiger partial charge in [0.25, 0.3) is 5.91 Å². The topological polar surface area (TPSA) is 107 Å². The van der Waals surface area contributed by atoms with E-state index in [0.29, 0.717) is 24.5 Å². The van der Waals surface area contributed by atoms with Gasteiger partial charge in [0, 0.05) is 31.0 Å². The molecular formula is C23H30N4O4. The molecule has 0 spiro atoms.